The third-order valence-corrected chi connectivity index (χ3v) is 7.55. The molecule has 1 fully saturated rings. The van der Waals surface area contributed by atoms with Gasteiger partial charge in [-0.3, -0.25) is 4.98 Å². The summed E-state index contributed by atoms with van der Waals surface area (Å²) < 4.78 is 8.11. The lowest BCUT2D eigenvalue weighted by Crippen LogP contribution is -2.29. The molecule has 1 aliphatic rings. The van der Waals surface area contributed by atoms with E-state index in [4.69, 9.17) is 21.9 Å². The van der Waals surface area contributed by atoms with Crippen LogP contribution in [0.5, 0.6) is 5.75 Å². The van der Waals surface area contributed by atoms with Crippen LogP contribution in [0.4, 0.5) is 5.69 Å². The van der Waals surface area contributed by atoms with Crippen LogP contribution in [0.1, 0.15) is 59.7 Å². The lowest BCUT2D eigenvalue weighted by atomic mass is 9.96. The first-order chi connectivity index (χ1) is 17.9. The molecule has 2 aromatic heterocycles. The second-order valence-electron chi connectivity index (χ2n) is 9.52. The molecule has 3 heterocycles. The van der Waals surface area contributed by atoms with Crippen LogP contribution in [-0.2, 0) is 6.42 Å². The van der Waals surface area contributed by atoms with Crippen LogP contribution in [0.15, 0.2) is 72.9 Å². The van der Waals surface area contributed by atoms with E-state index in [-0.39, 0.29) is 12.1 Å². The Morgan fingerprint density at radius 2 is 1.76 bits per heavy atom. The van der Waals surface area contributed by atoms with Crippen LogP contribution >= 0.6 is 12.2 Å². The van der Waals surface area contributed by atoms with E-state index in [1.165, 1.54) is 33.8 Å². The van der Waals surface area contributed by atoms with Crippen molar-refractivity contribution in [1.82, 2.24) is 14.9 Å². The first-order valence-corrected chi connectivity index (χ1v) is 13.4. The van der Waals surface area contributed by atoms with Crippen molar-refractivity contribution >= 4 is 23.0 Å². The number of nitrogens with one attached hydrogen (secondary N) is 1. The minimum Gasteiger partial charge on any atom is -0.494 e. The highest BCUT2D eigenvalue weighted by Crippen LogP contribution is 2.44. The Labute approximate surface area is 225 Å². The maximum absolute atomic E-state index is 5.95. The summed E-state index contributed by atoms with van der Waals surface area (Å²) in [4.78, 5) is 6.95. The predicted molar refractivity (Wildman–Crippen MR) is 155 cm³/mol. The number of benzene rings is 2. The fourth-order valence-corrected chi connectivity index (χ4v) is 5.92. The molecule has 1 aliphatic heterocycles. The largest absolute Gasteiger partial charge is 0.494 e. The molecule has 0 saturated carbocycles. The molecule has 2 aromatic carbocycles. The number of thiocarbonyl (C=S) groups is 1. The van der Waals surface area contributed by atoms with Crippen LogP contribution < -0.4 is 15.0 Å². The van der Waals surface area contributed by atoms with Gasteiger partial charge < -0.3 is 19.5 Å². The third-order valence-electron chi connectivity index (χ3n) is 7.24. The smallest absolute Gasteiger partial charge is 0.174 e. The average molecular weight is 511 g/mol. The molecule has 0 bridgehead atoms. The normalized spacial score (nSPS) is 17.2. The maximum atomic E-state index is 5.95. The zero-order chi connectivity index (χ0) is 26.1. The number of rotatable bonds is 7. The van der Waals surface area contributed by atoms with Crippen LogP contribution in [-0.4, -0.2) is 21.3 Å². The van der Waals surface area contributed by atoms with Crippen molar-refractivity contribution in [3.63, 3.8) is 0 Å². The van der Waals surface area contributed by atoms with Gasteiger partial charge >= 0.3 is 0 Å². The molecule has 5 nitrogen and oxygen atoms in total. The molecule has 4 aromatic rings. The van der Waals surface area contributed by atoms with Gasteiger partial charge in [0.1, 0.15) is 5.75 Å². The molecule has 37 heavy (non-hydrogen) atoms. The van der Waals surface area contributed by atoms with Crippen molar-refractivity contribution in [2.45, 2.75) is 53.1 Å². The second kappa shape index (κ2) is 10.4. The van der Waals surface area contributed by atoms with E-state index in [0.29, 0.717) is 11.7 Å². The Morgan fingerprint density at radius 3 is 2.43 bits per heavy atom. The van der Waals surface area contributed by atoms with Gasteiger partial charge in [0, 0.05) is 23.3 Å². The molecule has 0 amide bonds. The number of hydrogen-bond acceptors (Lipinski definition) is 3. The highest BCUT2D eigenvalue weighted by molar-refractivity contribution is 7.80. The number of anilines is 1. The van der Waals surface area contributed by atoms with Gasteiger partial charge in [0.15, 0.2) is 5.11 Å². The summed E-state index contributed by atoms with van der Waals surface area (Å²) in [7, 11) is 0. The second-order valence-corrected chi connectivity index (χ2v) is 9.91. The highest BCUT2D eigenvalue weighted by Gasteiger charge is 2.42. The summed E-state index contributed by atoms with van der Waals surface area (Å²) in [6.07, 6.45) is 2.83. The SMILES string of the molecule is CCOc1ccc(N2C(=S)N[C@@H](c3ccccn3)[C@H]2c2cc(C)n(-c3c(C)cccc3CC)c2C)cc1. The Kier molecular flexibility index (Phi) is 7.02. The molecule has 0 unspecified atom stereocenters. The van der Waals surface area contributed by atoms with Crippen molar-refractivity contribution in [2.75, 3.05) is 11.5 Å². The van der Waals surface area contributed by atoms with E-state index in [1.54, 1.807) is 0 Å². The van der Waals surface area contributed by atoms with Crippen molar-refractivity contribution < 1.29 is 4.74 Å². The van der Waals surface area contributed by atoms with Gasteiger partial charge in [-0.1, -0.05) is 31.2 Å². The van der Waals surface area contributed by atoms with Crippen LogP contribution in [0.2, 0.25) is 0 Å². The topological polar surface area (TPSA) is 42.3 Å². The van der Waals surface area contributed by atoms with Gasteiger partial charge in [-0.15, -0.1) is 0 Å². The van der Waals surface area contributed by atoms with E-state index in [0.717, 1.165) is 23.6 Å². The van der Waals surface area contributed by atoms with Crippen LogP contribution in [0.3, 0.4) is 0 Å². The van der Waals surface area contributed by atoms with Gasteiger partial charge in [-0.2, -0.15) is 0 Å². The third kappa shape index (κ3) is 4.51. The van der Waals surface area contributed by atoms with Gasteiger partial charge in [-0.25, -0.2) is 0 Å². The summed E-state index contributed by atoms with van der Waals surface area (Å²) in [5, 5.41) is 4.29. The number of pyridine rings is 1. The van der Waals surface area contributed by atoms with Gasteiger partial charge in [0.05, 0.1) is 30.1 Å². The number of ether oxygens (including phenoxy) is 1. The summed E-state index contributed by atoms with van der Waals surface area (Å²) in [6.45, 7) is 11.5. The maximum Gasteiger partial charge on any atom is 0.174 e. The van der Waals surface area contributed by atoms with Crippen LogP contribution in [0.25, 0.3) is 5.69 Å². The molecule has 1 N–H and O–H groups in total. The number of aryl methyl sites for hydroxylation is 3. The summed E-state index contributed by atoms with van der Waals surface area (Å²) >= 11 is 5.95. The summed E-state index contributed by atoms with van der Waals surface area (Å²) in [5.41, 5.74) is 9.56. The van der Waals surface area contributed by atoms with E-state index in [9.17, 15) is 0 Å². The average Bonchev–Trinajstić information content (AvgIpc) is 3.40. The molecular weight excluding hydrogens is 476 g/mol. The van der Waals surface area contributed by atoms with E-state index < -0.39 is 0 Å². The predicted octanol–water partition coefficient (Wildman–Crippen LogP) is 6.94. The molecule has 6 heteroatoms. The monoisotopic (exact) mass is 510 g/mol. The van der Waals surface area contributed by atoms with Crippen molar-refractivity contribution in [1.29, 1.82) is 0 Å². The molecule has 0 aliphatic carbocycles. The first-order valence-electron chi connectivity index (χ1n) is 13.0. The first kappa shape index (κ1) is 25.0. The number of para-hydroxylation sites is 1. The molecule has 0 spiro atoms. The van der Waals surface area contributed by atoms with Gasteiger partial charge in [-0.05, 0) is 105 Å². The van der Waals surface area contributed by atoms with Crippen molar-refractivity contribution in [3.8, 4) is 11.4 Å². The van der Waals surface area contributed by atoms with Crippen molar-refractivity contribution in [3.05, 3.63) is 107 Å². The van der Waals surface area contributed by atoms with E-state index >= 15 is 0 Å². The zero-order valence-electron chi connectivity index (χ0n) is 22.2. The Morgan fingerprint density at radius 1 is 0.973 bits per heavy atom. The van der Waals surface area contributed by atoms with Crippen LogP contribution in [0, 0.1) is 20.8 Å². The number of aromatic nitrogens is 2. The highest BCUT2D eigenvalue weighted by atomic mass is 32.1. The quantitative estimate of drug-likeness (QED) is 0.273. The Hall–Kier alpha value is -3.64. The van der Waals surface area contributed by atoms with E-state index in [1.807, 2.05) is 37.4 Å². The van der Waals surface area contributed by atoms with Crippen molar-refractivity contribution in [2.24, 2.45) is 0 Å². The number of nitrogens with zero attached hydrogens (tertiary/aromatic N) is 3. The Balaban J connectivity index is 1.67. The minimum atomic E-state index is -0.0864. The fourth-order valence-electron chi connectivity index (χ4n) is 5.57. The molecule has 5 rings (SSSR count). The minimum absolute atomic E-state index is 0.0608. The fraction of sp³-hybridized carbons (Fsp3) is 0.290. The molecule has 1 saturated heterocycles. The molecule has 0 radical (unpaired) electrons. The standard InChI is InChI=1S/C31H34N4OS/c1-6-23-12-10-11-20(3)29(23)34-21(4)19-26(22(34)5)30-28(27-13-8-9-18-32-27)33-31(37)35(30)24-14-16-25(17-15-24)36-7-2/h8-19,28,30H,6-7H2,1-5H3,(H,33,37)/t28-,30+/m0/s1. The zero-order valence-corrected chi connectivity index (χ0v) is 23.0. The lowest BCUT2D eigenvalue weighted by Gasteiger charge is -2.28. The Bertz CT molecular complexity index is 1410. The molecule has 2 atom stereocenters. The summed E-state index contributed by atoms with van der Waals surface area (Å²) in [6, 6.07) is 23.0. The lowest BCUT2D eigenvalue weighted by molar-refractivity contribution is 0.340. The summed E-state index contributed by atoms with van der Waals surface area (Å²) in [5.74, 6) is 0.854. The molecule has 190 valence electrons. The molecular formula is C31H34N4OS. The van der Waals surface area contributed by atoms with Gasteiger partial charge in [0.2, 0.25) is 0 Å². The van der Waals surface area contributed by atoms with E-state index in [2.05, 4.69) is 84.9 Å². The van der Waals surface area contributed by atoms with Gasteiger partial charge in [0.25, 0.3) is 0 Å². The number of hydrogen-bond donors (Lipinski definition) is 1.